The molecule has 1 saturated heterocycles. The molecular weight excluding hydrogens is 424 g/mol. The van der Waals surface area contributed by atoms with E-state index < -0.39 is 11.4 Å². The van der Waals surface area contributed by atoms with Gasteiger partial charge in [0.05, 0.1) is 18.2 Å². The number of aromatic nitrogens is 2. The number of aliphatic carboxylic acids is 1. The van der Waals surface area contributed by atoms with E-state index in [0.717, 1.165) is 52.4 Å². The number of hydrogen-bond donors (Lipinski definition) is 2. The van der Waals surface area contributed by atoms with Crippen molar-refractivity contribution in [3.8, 4) is 5.75 Å². The van der Waals surface area contributed by atoms with E-state index in [4.69, 9.17) is 4.74 Å². The highest BCUT2D eigenvalue weighted by molar-refractivity contribution is 7.99. The standard InChI is InChI=1S/C24H24N4O3S/c1-31-18-5-3-17(4-6-18)24(23(29)30)8-12-28(13-9-24)15-16-2-7-20-19(14-16)27-21-22(32-20)26-11-10-25-21/h2-7,10-11,14H,8-9,12-13,15H2,1H3,(H,25,27)(H,29,30). The smallest absolute Gasteiger partial charge is 0.314 e. The molecule has 164 valence electrons. The Bertz CT molecular complexity index is 1140. The van der Waals surface area contributed by atoms with Gasteiger partial charge in [0.2, 0.25) is 0 Å². The van der Waals surface area contributed by atoms with Gasteiger partial charge < -0.3 is 15.2 Å². The molecule has 1 aromatic heterocycles. The number of anilines is 2. The van der Waals surface area contributed by atoms with E-state index in [1.165, 1.54) is 5.56 Å². The van der Waals surface area contributed by atoms with Crippen molar-refractivity contribution in [3.63, 3.8) is 0 Å². The van der Waals surface area contributed by atoms with Gasteiger partial charge in [-0.1, -0.05) is 30.0 Å². The lowest BCUT2D eigenvalue weighted by Crippen LogP contribution is -2.47. The summed E-state index contributed by atoms with van der Waals surface area (Å²) in [7, 11) is 1.61. The average molecular weight is 449 g/mol. The third-order valence-corrected chi connectivity index (χ3v) is 7.40. The van der Waals surface area contributed by atoms with Crippen LogP contribution in [0.15, 0.2) is 64.8 Å². The highest BCUT2D eigenvalue weighted by Gasteiger charge is 2.43. The number of carboxylic acid groups (broad SMARTS) is 1. The summed E-state index contributed by atoms with van der Waals surface area (Å²) in [6, 6.07) is 13.9. The normalized spacial score (nSPS) is 17.0. The second-order valence-corrected chi connectivity index (χ2v) is 9.19. The summed E-state index contributed by atoms with van der Waals surface area (Å²) in [5.74, 6) is 0.766. The molecule has 0 bridgehead atoms. The lowest BCUT2D eigenvalue weighted by Gasteiger charge is -2.39. The van der Waals surface area contributed by atoms with Crippen molar-refractivity contribution in [2.45, 2.75) is 34.7 Å². The molecular formula is C24H24N4O3S. The van der Waals surface area contributed by atoms with Crippen LogP contribution in [0.4, 0.5) is 11.5 Å². The van der Waals surface area contributed by atoms with E-state index in [-0.39, 0.29) is 0 Å². The Labute approximate surface area is 190 Å². The zero-order valence-corrected chi connectivity index (χ0v) is 18.6. The van der Waals surface area contributed by atoms with Crippen molar-refractivity contribution in [2.75, 3.05) is 25.5 Å². The molecule has 32 heavy (non-hydrogen) atoms. The van der Waals surface area contributed by atoms with Crippen molar-refractivity contribution in [3.05, 3.63) is 66.0 Å². The lowest BCUT2D eigenvalue weighted by atomic mass is 9.72. The Hall–Kier alpha value is -3.10. The van der Waals surface area contributed by atoms with Crippen LogP contribution in [0.2, 0.25) is 0 Å². The van der Waals surface area contributed by atoms with Gasteiger partial charge >= 0.3 is 5.97 Å². The summed E-state index contributed by atoms with van der Waals surface area (Å²) in [5.41, 5.74) is 2.23. The Kier molecular flexibility index (Phi) is 5.48. The highest BCUT2D eigenvalue weighted by atomic mass is 32.2. The van der Waals surface area contributed by atoms with Gasteiger partial charge in [-0.15, -0.1) is 0 Å². The zero-order chi connectivity index (χ0) is 22.1. The van der Waals surface area contributed by atoms with Crippen molar-refractivity contribution >= 4 is 29.2 Å². The fourth-order valence-electron chi connectivity index (χ4n) is 4.47. The molecule has 2 aliphatic rings. The summed E-state index contributed by atoms with van der Waals surface area (Å²) < 4.78 is 5.22. The second kappa shape index (κ2) is 8.44. The molecule has 2 N–H and O–H groups in total. The first-order chi connectivity index (χ1) is 15.6. The quantitative estimate of drug-likeness (QED) is 0.467. The minimum Gasteiger partial charge on any atom is -0.497 e. The van der Waals surface area contributed by atoms with Gasteiger partial charge in [-0.05, 0) is 61.3 Å². The zero-order valence-electron chi connectivity index (χ0n) is 17.7. The van der Waals surface area contributed by atoms with Gasteiger partial charge in [0.1, 0.15) is 10.8 Å². The van der Waals surface area contributed by atoms with Crippen LogP contribution in [0, 0.1) is 0 Å². The molecule has 5 rings (SSSR count). The van der Waals surface area contributed by atoms with Crippen LogP contribution in [-0.2, 0) is 16.8 Å². The van der Waals surface area contributed by atoms with Gasteiger partial charge in [-0.25, -0.2) is 9.97 Å². The number of nitrogens with one attached hydrogen (secondary N) is 1. The molecule has 0 spiro atoms. The molecule has 0 atom stereocenters. The van der Waals surface area contributed by atoms with Crippen molar-refractivity contribution < 1.29 is 14.6 Å². The Morgan fingerprint density at radius 2 is 1.91 bits per heavy atom. The van der Waals surface area contributed by atoms with Crippen LogP contribution in [0.1, 0.15) is 24.0 Å². The maximum Gasteiger partial charge on any atom is 0.314 e. The minimum atomic E-state index is -0.848. The molecule has 8 heteroatoms. The highest BCUT2D eigenvalue weighted by Crippen LogP contribution is 2.42. The van der Waals surface area contributed by atoms with Crippen LogP contribution in [-0.4, -0.2) is 46.1 Å². The third-order valence-electron chi connectivity index (χ3n) is 6.34. The van der Waals surface area contributed by atoms with Crippen molar-refractivity contribution in [1.29, 1.82) is 0 Å². The van der Waals surface area contributed by atoms with Crippen molar-refractivity contribution in [2.24, 2.45) is 0 Å². The largest absolute Gasteiger partial charge is 0.497 e. The van der Waals surface area contributed by atoms with E-state index in [0.29, 0.717) is 12.8 Å². The summed E-state index contributed by atoms with van der Waals surface area (Å²) in [6.45, 7) is 2.24. The number of carbonyl (C=O) groups is 1. The maximum atomic E-state index is 12.3. The lowest BCUT2D eigenvalue weighted by molar-refractivity contribution is -0.146. The Morgan fingerprint density at radius 1 is 1.16 bits per heavy atom. The van der Waals surface area contributed by atoms with Crippen LogP contribution >= 0.6 is 11.8 Å². The number of hydrogen-bond acceptors (Lipinski definition) is 7. The summed E-state index contributed by atoms with van der Waals surface area (Å²) >= 11 is 1.62. The minimum absolute atomic E-state index is 0.580. The second-order valence-electron chi connectivity index (χ2n) is 8.16. The molecule has 0 amide bonds. The van der Waals surface area contributed by atoms with Gasteiger partial charge in [0.15, 0.2) is 5.82 Å². The molecule has 2 aromatic carbocycles. The van der Waals surface area contributed by atoms with Gasteiger partial charge in [-0.2, -0.15) is 0 Å². The number of likely N-dealkylation sites (tertiary alicyclic amines) is 1. The number of nitrogens with zero attached hydrogens (tertiary/aromatic N) is 3. The molecule has 0 saturated carbocycles. The van der Waals surface area contributed by atoms with E-state index >= 15 is 0 Å². The van der Waals surface area contributed by atoms with E-state index in [2.05, 4.69) is 38.4 Å². The molecule has 0 radical (unpaired) electrons. The summed E-state index contributed by atoms with van der Waals surface area (Å²) in [4.78, 5) is 24.5. The van der Waals surface area contributed by atoms with Gasteiger partial charge in [-0.3, -0.25) is 9.69 Å². The molecule has 0 aliphatic carbocycles. The van der Waals surface area contributed by atoms with E-state index in [9.17, 15) is 9.90 Å². The van der Waals surface area contributed by atoms with E-state index in [1.807, 2.05) is 24.3 Å². The van der Waals surface area contributed by atoms with Gasteiger partial charge in [0, 0.05) is 23.8 Å². The fourth-order valence-corrected chi connectivity index (χ4v) is 5.34. The van der Waals surface area contributed by atoms with Crippen LogP contribution in [0.3, 0.4) is 0 Å². The number of methoxy groups -OCH3 is 1. The number of fused-ring (bicyclic) bond motifs is 2. The van der Waals surface area contributed by atoms with Crippen LogP contribution in [0.5, 0.6) is 5.75 Å². The van der Waals surface area contributed by atoms with Crippen LogP contribution in [0.25, 0.3) is 0 Å². The SMILES string of the molecule is COc1ccc(C2(C(=O)O)CCN(Cc3ccc4c(c3)Nc3nccnc3S4)CC2)cc1. The molecule has 2 aliphatic heterocycles. The third kappa shape index (κ3) is 3.80. The summed E-state index contributed by atoms with van der Waals surface area (Å²) in [5, 5.41) is 14.3. The number of benzene rings is 2. The molecule has 0 unspecified atom stereocenters. The predicted molar refractivity (Wildman–Crippen MR) is 123 cm³/mol. The number of carboxylic acids is 1. The topological polar surface area (TPSA) is 87.6 Å². The van der Waals surface area contributed by atoms with E-state index in [1.54, 1.807) is 31.3 Å². The fraction of sp³-hybridized carbons (Fsp3) is 0.292. The van der Waals surface area contributed by atoms with Crippen LogP contribution < -0.4 is 10.1 Å². The molecule has 7 nitrogen and oxygen atoms in total. The maximum absolute atomic E-state index is 12.3. The van der Waals surface area contributed by atoms with Crippen molar-refractivity contribution in [1.82, 2.24) is 14.9 Å². The van der Waals surface area contributed by atoms with Gasteiger partial charge in [0.25, 0.3) is 0 Å². The summed E-state index contributed by atoms with van der Waals surface area (Å²) in [6.07, 6.45) is 4.55. The first-order valence-electron chi connectivity index (χ1n) is 10.6. The molecule has 3 aromatic rings. The predicted octanol–water partition coefficient (Wildman–Crippen LogP) is 4.31. The Balaban J connectivity index is 1.28. The number of rotatable bonds is 5. The number of ether oxygens (including phenoxy) is 1. The monoisotopic (exact) mass is 448 g/mol. The first-order valence-corrected chi connectivity index (χ1v) is 11.4. The number of piperidine rings is 1. The molecule has 3 heterocycles. The Morgan fingerprint density at radius 3 is 2.62 bits per heavy atom. The molecule has 1 fully saturated rings. The average Bonchev–Trinajstić information content (AvgIpc) is 2.83. The first kappa shape index (κ1) is 20.8.